The van der Waals surface area contributed by atoms with Crippen LogP contribution < -0.4 is 5.32 Å². The van der Waals surface area contributed by atoms with Gasteiger partial charge in [0.25, 0.3) is 0 Å². The van der Waals surface area contributed by atoms with Gasteiger partial charge in [0.05, 0.1) is 0 Å². The van der Waals surface area contributed by atoms with Gasteiger partial charge in [0.1, 0.15) is 0 Å². The van der Waals surface area contributed by atoms with Gasteiger partial charge in [-0.15, -0.1) is 0 Å². The summed E-state index contributed by atoms with van der Waals surface area (Å²) in [6, 6.07) is 10.9. The molecule has 0 radical (unpaired) electrons. The summed E-state index contributed by atoms with van der Waals surface area (Å²) < 4.78 is 0. The van der Waals surface area contributed by atoms with Crippen molar-refractivity contribution in [2.45, 2.75) is 32.1 Å². The number of hydrogen-bond donors (Lipinski definition) is 1. The first kappa shape index (κ1) is 13.0. The third-order valence-electron chi connectivity index (χ3n) is 3.96. The molecular weight excluding hydrogens is 220 g/mol. The lowest BCUT2D eigenvalue weighted by molar-refractivity contribution is 0.355. The fourth-order valence-electron chi connectivity index (χ4n) is 2.83. The Morgan fingerprint density at radius 3 is 2.50 bits per heavy atom. The van der Waals surface area contributed by atoms with E-state index in [0.29, 0.717) is 0 Å². The zero-order chi connectivity index (χ0) is 12.8. The molecule has 0 aromatic heterocycles. The Hall–Kier alpha value is -1.41. The molecule has 1 aromatic rings. The summed E-state index contributed by atoms with van der Waals surface area (Å²) in [5, 5.41) is 3.45. The minimum absolute atomic E-state index is 0.166. The van der Waals surface area contributed by atoms with Crippen LogP contribution in [0.5, 0.6) is 0 Å². The third kappa shape index (κ3) is 2.54. The van der Waals surface area contributed by atoms with Crippen molar-refractivity contribution in [1.82, 2.24) is 5.32 Å². The fraction of sp³-hybridized carbons (Fsp3) is 0.438. The van der Waals surface area contributed by atoms with Gasteiger partial charge in [-0.05, 0) is 50.9 Å². The molecule has 1 saturated heterocycles. The smallest absolute Gasteiger partial charge is 0.0261 e. The van der Waals surface area contributed by atoms with E-state index in [2.05, 4.69) is 47.6 Å². The van der Waals surface area contributed by atoms with Gasteiger partial charge < -0.3 is 5.32 Å². The summed E-state index contributed by atoms with van der Waals surface area (Å²) in [5.74, 6) is 0. The number of rotatable bonds is 3. The van der Waals surface area contributed by atoms with Gasteiger partial charge in [-0.1, -0.05) is 30.3 Å². The average molecular weight is 242 g/mol. The minimum atomic E-state index is 0.166. The first-order chi connectivity index (χ1) is 8.79. The van der Waals surface area contributed by atoms with Crippen molar-refractivity contribution >= 4 is 6.21 Å². The molecule has 2 rings (SSSR count). The molecule has 1 aliphatic rings. The Morgan fingerprint density at radius 1 is 1.22 bits per heavy atom. The van der Waals surface area contributed by atoms with Crippen LogP contribution in [0.4, 0.5) is 0 Å². The van der Waals surface area contributed by atoms with Gasteiger partial charge in [0.2, 0.25) is 0 Å². The lowest BCUT2D eigenvalue weighted by Gasteiger charge is -2.39. The number of nitrogens with one attached hydrogen (secondary N) is 1. The Kier molecular flexibility index (Phi) is 4.32. The van der Waals surface area contributed by atoms with Crippen LogP contribution in [0.15, 0.2) is 47.1 Å². The molecule has 0 unspecified atom stereocenters. The largest absolute Gasteiger partial charge is 0.317 e. The van der Waals surface area contributed by atoms with E-state index in [1.165, 1.54) is 11.1 Å². The molecule has 1 fully saturated rings. The number of allylic oxidation sites excluding steroid dienone is 1. The molecular formula is C16H22N2. The maximum atomic E-state index is 4.31. The normalized spacial score (nSPS) is 20.2. The predicted molar refractivity (Wildman–Crippen MR) is 78.1 cm³/mol. The Morgan fingerprint density at radius 2 is 1.89 bits per heavy atom. The van der Waals surface area contributed by atoms with Crippen LogP contribution in [0.25, 0.3) is 0 Å². The maximum Gasteiger partial charge on any atom is 0.0261 e. The number of piperidine rings is 1. The highest BCUT2D eigenvalue weighted by Crippen LogP contribution is 2.40. The van der Waals surface area contributed by atoms with Crippen molar-refractivity contribution < 1.29 is 0 Å². The zero-order valence-electron chi connectivity index (χ0n) is 11.3. The molecule has 2 nitrogen and oxygen atoms in total. The predicted octanol–water partition coefficient (Wildman–Crippen LogP) is 3.30. The molecule has 2 heteroatoms. The van der Waals surface area contributed by atoms with Gasteiger partial charge in [-0.2, -0.15) is 0 Å². The second-order valence-electron chi connectivity index (χ2n) is 4.92. The quantitative estimate of drug-likeness (QED) is 0.808. The van der Waals surface area contributed by atoms with E-state index < -0.39 is 0 Å². The van der Waals surface area contributed by atoms with Crippen molar-refractivity contribution in [1.29, 1.82) is 0 Å². The van der Waals surface area contributed by atoms with Crippen LogP contribution in [0.3, 0.4) is 0 Å². The summed E-state index contributed by atoms with van der Waals surface area (Å²) in [5.41, 5.74) is 2.96. The van der Waals surface area contributed by atoms with Crippen LogP contribution in [-0.4, -0.2) is 19.3 Å². The lowest BCUT2D eigenvalue weighted by Crippen LogP contribution is -2.40. The Labute approximate surface area is 110 Å². The van der Waals surface area contributed by atoms with E-state index in [9.17, 15) is 0 Å². The van der Waals surface area contributed by atoms with Gasteiger partial charge in [0, 0.05) is 17.8 Å². The van der Waals surface area contributed by atoms with Crippen LogP contribution >= 0.6 is 0 Å². The van der Waals surface area contributed by atoms with Gasteiger partial charge in [-0.25, -0.2) is 0 Å². The van der Waals surface area contributed by atoms with Crippen molar-refractivity contribution in [2.24, 2.45) is 4.99 Å². The Bertz CT molecular complexity index is 426. The lowest BCUT2D eigenvalue weighted by atomic mass is 9.68. The van der Waals surface area contributed by atoms with Crippen LogP contribution in [0.1, 0.15) is 32.3 Å². The summed E-state index contributed by atoms with van der Waals surface area (Å²) in [7, 11) is 0. The minimum Gasteiger partial charge on any atom is -0.317 e. The molecule has 0 atom stereocenters. The molecule has 0 saturated carbocycles. The maximum absolute atomic E-state index is 4.31. The topological polar surface area (TPSA) is 24.4 Å². The van der Waals surface area contributed by atoms with Crippen molar-refractivity contribution in [2.75, 3.05) is 13.1 Å². The molecule has 0 aliphatic carbocycles. The van der Waals surface area contributed by atoms with E-state index in [1.807, 2.05) is 19.3 Å². The molecule has 1 aliphatic heterocycles. The number of benzene rings is 1. The highest BCUT2D eigenvalue weighted by Gasteiger charge is 2.35. The summed E-state index contributed by atoms with van der Waals surface area (Å²) >= 11 is 0. The van der Waals surface area contributed by atoms with Crippen LogP contribution in [-0.2, 0) is 5.41 Å². The molecule has 18 heavy (non-hydrogen) atoms. The summed E-state index contributed by atoms with van der Waals surface area (Å²) in [6.07, 6.45) is 6.18. The number of hydrogen-bond acceptors (Lipinski definition) is 2. The van der Waals surface area contributed by atoms with E-state index in [4.69, 9.17) is 0 Å². The standard InChI is InChI=1S/C16H22N2/c1-3-17-13-14(2)16(9-11-18-12-10-16)15-7-5-4-6-8-15/h3-8,13,18H,9-12H2,1-2H3/b14-13+,17-3?. The van der Waals surface area contributed by atoms with E-state index in [0.717, 1.165) is 25.9 Å². The van der Waals surface area contributed by atoms with E-state index in [-0.39, 0.29) is 5.41 Å². The molecule has 1 N–H and O–H groups in total. The van der Waals surface area contributed by atoms with Crippen molar-refractivity contribution in [3.8, 4) is 0 Å². The first-order valence-electron chi connectivity index (χ1n) is 6.71. The van der Waals surface area contributed by atoms with Crippen LogP contribution in [0, 0.1) is 0 Å². The van der Waals surface area contributed by atoms with Gasteiger partial charge in [-0.3, -0.25) is 4.99 Å². The second kappa shape index (κ2) is 5.96. The Balaban J connectivity index is 2.40. The number of nitrogens with zero attached hydrogens (tertiary/aromatic N) is 1. The molecule has 0 bridgehead atoms. The van der Waals surface area contributed by atoms with Crippen molar-refractivity contribution in [3.05, 3.63) is 47.7 Å². The average Bonchev–Trinajstić information content (AvgIpc) is 2.46. The second-order valence-corrected chi connectivity index (χ2v) is 4.92. The first-order valence-corrected chi connectivity index (χ1v) is 6.71. The molecule has 1 aromatic carbocycles. The summed E-state index contributed by atoms with van der Waals surface area (Å²) in [6.45, 7) is 6.33. The zero-order valence-corrected chi connectivity index (χ0v) is 11.3. The van der Waals surface area contributed by atoms with Gasteiger partial charge >= 0.3 is 0 Å². The molecule has 1 heterocycles. The SMILES string of the molecule is CC=N/C=C(\C)C1(c2ccccc2)CCNCC1. The highest BCUT2D eigenvalue weighted by atomic mass is 14.9. The van der Waals surface area contributed by atoms with E-state index in [1.54, 1.807) is 0 Å². The summed E-state index contributed by atoms with van der Waals surface area (Å²) in [4.78, 5) is 4.31. The van der Waals surface area contributed by atoms with Gasteiger partial charge in [0.15, 0.2) is 0 Å². The fourth-order valence-corrected chi connectivity index (χ4v) is 2.83. The van der Waals surface area contributed by atoms with E-state index >= 15 is 0 Å². The molecule has 0 spiro atoms. The number of aliphatic imine (C=N–C) groups is 1. The monoisotopic (exact) mass is 242 g/mol. The third-order valence-corrected chi connectivity index (χ3v) is 3.96. The van der Waals surface area contributed by atoms with Crippen molar-refractivity contribution in [3.63, 3.8) is 0 Å². The highest BCUT2D eigenvalue weighted by molar-refractivity contribution is 5.54. The van der Waals surface area contributed by atoms with Crippen LogP contribution in [0.2, 0.25) is 0 Å². The molecule has 96 valence electrons. The molecule has 0 amide bonds.